The molecule has 0 aromatic heterocycles. The molecular formula is C15H20N4O2S. The molecule has 1 heterocycles. The van der Waals surface area contributed by atoms with Crippen LogP contribution in [0.4, 0.5) is 5.69 Å². The third-order valence-electron chi connectivity index (χ3n) is 3.20. The number of carbonyl (C=O) groups excluding carboxylic acids is 1. The van der Waals surface area contributed by atoms with Gasteiger partial charge in [-0.25, -0.2) is 4.99 Å². The summed E-state index contributed by atoms with van der Waals surface area (Å²) in [6, 6.07) is 10.1. The number of ether oxygens (including phenoxy) is 1. The Morgan fingerprint density at radius 2 is 2.23 bits per heavy atom. The maximum atomic E-state index is 11.0. The van der Waals surface area contributed by atoms with Crippen molar-refractivity contribution in [2.24, 2.45) is 4.99 Å². The highest BCUT2D eigenvalue weighted by atomic mass is 32.1. The SMILES string of the molecule is COC(=O)CCCNC(=S)/N=C1\CCN(c2ccccc2)N1. The van der Waals surface area contributed by atoms with Crippen molar-refractivity contribution in [3.8, 4) is 0 Å². The Hall–Kier alpha value is -2.15. The van der Waals surface area contributed by atoms with Crippen LogP contribution in [0.2, 0.25) is 0 Å². The molecule has 0 radical (unpaired) electrons. The van der Waals surface area contributed by atoms with E-state index in [0.717, 1.165) is 24.5 Å². The van der Waals surface area contributed by atoms with Gasteiger partial charge < -0.3 is 10.1 Å². The van der Waals surface area contributed by atoms with Crippen LogP contribution in [0.25, 0.3) is 0 Å². The van der Waals surface area contributed by atoms with Gasteiger partial charge in [0.1, 0.15) is 5.84 Å². The average Bonchev–Trinajstić information content (AvgIpc) is 3.00. The fourth-order valence-corrected chi connectivity index (χ4v) is 2.27. The summed E-state index contributed by atoms with van der Waals surface area (Å²) in [6.45, 7) is 1.46. The van der Waals surface area contributed by atoms with Crippen molar-refractivity contribution in [1.29, 1.82) is 0 Å². The van der Waals surface area contributed by atoms with Crippen LogP contribution < -0.4 is 15.8 Å². The summed E-state index contributed by atoms with van der Waals surface area (Å²) in [6.07, 6.45) is 1.86. The molecule has 0 aliphatic carbocycles. The lowest BCUT2D eigenvalue weighted by molar-refractivity contribution is -0.140. The highest BCUT2D eigenvalue weighted by molar-refractivity contribution is 7.80. The van der Waals surface area contributed by atoms with E-state index in [-0.39, 0.29) is 5.97 Å². The molecule has 0 atom stereocenters. The Kier molecular flexibility index (Phi) is 6.14. The molecule has 1 fully saturated rings. The standard InChI is InChI=1S/C15H20N4O2S/c1-21-14(20)8-5-10-16-15(22)17-13-9-11-19(18-13)12-6-3-2-4-7-12/h2-4,6-7H,5,8-11H2,1H3,(H2,16,17,18,22). The summed E-state index contributed by atoms with van der Waals surface area (Å²) in [5.74, 6) is 0.629. The van der Waals surface area contributed by atoms with Gasteiger partial charge >= 0.3 is 5.97 Å². The fourth-order valence-electron chi connectivity index (χ4n) is 2.06. The third-order valence-corrected chi connectivity index (χ3v) is 3.44. The van der Waals surface area contributed by atoms with Crippen molar-refractivity contribution in [2.45, 2.75) is 19.3 Å². The Morgan fingerprint density at radius 1 is 1.45 bits per heavy atom. The molecule has 0 saturated carbocycles. The fraction of sp³-hybridized carbons (Fsp3) is 0.400. The van der Waals surface area contributed by atoms with Gasteiger partial charge in [0.25, 0.3) is 0 Å². The van der Waals surface area contributed by atoms with Gasteiger partial charge in [0.15, 0.2) is 5.11 Å². The summed E-state index contributed by atoms with van der Waals surface area (Å²) in [4.78, 5) is 15.3. The number of nitrogens with one attached hydrogen (secondary N) is 2. The molecule has 1 aromatic rings. The van der Waals surface area contributed by atoms with E-state index in [1.54, 1.807) is 0 Å². The number of benzene rings is 1. The van der Waals surface area contributed by atoms with Crippen LogP contribution in [0, 0.1) is 0 Å². The molecule has 118 valence electrons. The smallest absolute Gasteiger partial charge is 0.305 e. The molecular weight excluding hydrogens is 300 g/mol. The number of amidine groups is 1. The molecule has 2 N–H and O–H groups in total. The number of anilines is 1. The first-order valence-corrected chi connectivity index (χ1v) is 7.61. The zero-order chi connectivity index (χ0) is 15.8. The lowest BCUT2D eigenvalue weighted by Crippen LogP contribution is -2.34. The number of hydrazine groups is 1. The molecule has 0 amide bonds. The maximum absolute atomic E-state index is 11.0. The first-order valence-electron chi connectivity index (χ1n) is 7.20. The molecule has 22 heavy (non-hydrogen) atoms. The van der Waals surface area contributed by atoms with Gasteiger partial charge in [0.2, 0.25) is 0 Å². The van der Waals surface area contributed by atoms with Crippen LogP contribution in [0.5, 0.6) is 0 Å². The highest BCUT2D eigenvalue weighted by Gasteiger charge is 2.17. The molecule has 0 bridgehead atoms. The topological polar surface area (TPSA) is 66.0 Å². The Balaban J connectivity index is 1.74. The van der Waals surface area contributed by atoms with Crippen LogP contribution in [0.1, 0.15) is 19.3 Å². The second-order valence-electron chi connectivity index (χ2n) is 4.82. The van der Waals surface area contributed by atoms with Crippen LogP contribution in [-0.2, 0) is 9.53 Å². The number of para-hydroxylation sites is 1. The Bertz CT molecular complexity index is 548. The minimum atomic E-state index is -0.213. The minimum absolute atomic E-state index is 0.213. The molecule has 6 nitrogen and oxygen atoms in total. The number of aliphatic imine (C=N–C) groups is 1. The van der Waals surface area contributed by atoms with Gasteiger partial charge in [-0.3, -0.25) is 15.2 Å². The van der Waals surface area contributed by atoms with E-state index >= 15 is 0 Å². The zero-order valence-corrected chi connectivity index (χ0v) is 13.4. The van der Waals surface area contributed by atoms with E-state index in [4.69, 9.17) is 12.2 Å². The average molecular weight is 320 g/mol. The van der Waals surface area contributed by atoms with Crippen molar-refractivity contribution in [3.63, 3.8) is 0 Å². The molecule has 1 aliphatic heterocycles. The van der Waals surface area contributed by atoms with Crippen molar-refractivity contribution < 1.29 is 9.53 Å². The van der Waals surface area contributed by atoms with Gasteiger partial charge in [0, 0.05) is 25.9 Å². The number of hydrogen-bond donors (Lipinski definition) is 2. The van der Waals surface area contributed by atoms with Crippen molar-refractivity contribution in [2.75, 3.05) is 25.2 Å². The number of esters is 1. The number of thiocarbonyl (C=S) groups is 1. The number of rotatable bonds is 5. The summed E-state index contributed by atoms with van der Waals surface area (Å²) in [5.41, 5.74) is 4.34. The van der Waals surface area contributed by atoms with Crippen LogP contribution in [0.15, 0.2) is 35.3 Å². The van der Waals surface area contributed by atoms with Crippen LogP contribution in [-0.4, -0.2) is 37.1 Å². The molecule has 1 aromatic carbocycles. The summed E-state index contributed by atoms with van der Waals surface area (Å²) >= 11 is 5.18. The summed E-state index contributed by atoms with van der Waals surface area (Å²) in [7, 11) is 1.39. The van der Waals surface area contributed by atoms with E-state index in [0.29, 0.717) is 24.5 Å². The number of carbonyl (C=O) groups is 1. The first-order chi connectivity index (χ1) is 10.7. The second-order valence-corrected chi connectivity index (χ2v) is 5.21. The first kappa shape index (κ1) is 16.2. The molecule has 0 unspecified atom stereocenters. The van der Waals surface area contributed by atoms with Gasteiger partial charge in [0.05, 0.1) is 12.8 Å². The number of hydrogen-bond acceptors (Lipinski definition) is 4. The minimum Gasteiger partial charge on any atom is -0.469 e. The van der Waals surface area contributed by atoms with E-state index < -0.39 is 0 Å². The van der Waals surface area contributed by atoms with E-state index in [1.807, 2.05) is 35.3 Å². The second kappa shape index (κ2) is 8.33. The predicted octanol–water partition coefficient (Wildman–Crippen LogP) is 1.63. The Morgan fingerprint density at radius 3 is 2.95 bits per heavy atom. The monoisotopic (exact) mass is 320 g/mol. The van der Waals surface area contributed by atoms with E-state index in [2.05, 4.69) is 20.5 Å². The summed E-state index contributed by atoms with van der Waals surface area (Å²) in [5, 5.41) is 5.49. The van der Waals surface area contributed by atoms with E-state index in [9.17, 15) is 4.79 Å². The van der Waals surface area contributed by atoms with Crippen molar-refractivity contribution in [1.82, 2.24) is 10.7 Å². The Labute approximate surface area is 135 Å². The highest BCUT2D eigenvalue weighted by Crippen LogP contribution is 2.14. The predicted molar refractivity (Wildman–Crippen MR) is 90.8 cm³/mol. The third kappa shape index (κ3) is 5.00. The van der Waals surface area contributed by atoms with Gasteiger partial charge in [-0.2, -0.15) is 0 Å². The molecule has 0 spiro atoms. The number of methoxy groups -OCH3 is 1. The van der Waals surface area contributed by atoms with Gasteiger partial charge in [-0.05, 0) is 30.8 Å². The van der Waals surface area contributed by atoms with Gasteiger partial charge in [-0.1, -0.05) is 18.2 Å². The van der Waals surface area contributed by atoms with Crippen LogP contribution >= 0.6 is 12.2 Å². The normalized spacial score (nSPS) is 15.5. The molecule has 7 heteroatoms. The van der Waals surface area contributed by atoms with Crippen molar-refractivity contribution in [3.05, 3.63) is 30.3 Å². The van der Waals surface area contributed by atoms with Crippen molar-refractivity contribution >= 4 is 34.8 Å². The lowest BCUT2D eigenvalue weighted by Gasteiger charge is -2.17. The molecule has 2 rings (SSSR count). The van der Waals surface area contributed by atoms with Crippen LogP contribution in [0.3, 0.4) is 0 Å². The molecule has 1 saturated heterocycles. The quantitative estimate of drug-likeness (QED) is 0.488. The molecule has 1 aliphatic rings. The number of nitrogens with zero attached hydrogens (tertiary/aromatic N) is 2. The summed E-state index contributed by atoms with van der Waals surface area (Å²) < 4.78 is 4.58. The largest absolute Gasteiger partial charge is 0.469 e. The maximum Gasteiger partial charge on any atom is 0.305 e. The zero-order valence-electron chi connectivity index (χ0n) is 12.5. The van der Waals surface area contributed by atoms with Gasteiger partial charge in [-0.15, -0.1) is 0 Å². The van der Waals surface area contributed by atoms with E-state index in [1.165, 1.54) is 7.11 Å². The lowest BCUT2D eigenvalue weighted by atomic mass is 10.3.